The lowest BCUT2D eigenvalue weighted by Gasteiger charge is -2.19. The highest BCUT2D eigenvalue weighted by Gasteiger charge is 2.26. The molecule has 0 atom stereocenters. The SMILES string of the molecule is O=c1cc2n(c(=O)n1CCCCSc1cccc3nccn13)CCCS2(=O)=O. The van der Waals surface area contributed by atoms with Crippen LogP contribution in [0.4, 0.5) is 0 Å². The summed E-state index contributed by atoms with van der Waals surface area (Å²) in [6.07, 6.45) is 5.55. The van der Waals surface area contributed by atoms with Crippen LogP contribution in [0.25, 0.3) is 5.65 Å². The molecule has 0 aliphatic carbocycles. The molecule has 0 fully saturated rings. The van der Waals surface area contributed by atoms with E-state index in [0.29, 0.717) is 19.4 Å². The third kappa shape index (κ3) is 3.53. The molecule has 0 bridgehead atoms. The van der Waals surface area contributed by atoms with Gasteiger partial charge in [-0.2, -0.15) is 0 Å². The lowest BCUT2D eigenvalue weighted by Crippen LogP contribution is -2.43. The van der Waals surface area contributed by atoms with E-state index in [0.717, 1.165) is 33.5 Å². The largest absolute Gasteiger partial charge is 0.331 e. The van der Waals surface area contributed by atoms with Crippen molar-refractivity contribution in [2.24, 2.45) is 0 Å². The summed E-state index contributed by atoms with van der Waals surface area (Å²) in [7, 11) is -3.54. The minimum Gasteiger partial charge on any atom is -0.294 e. The van der Waals surface area contributed by atoms with Crippen molar-refractivity contribution in [3.8, 4) is 0 Å². The summed E-state index contributed by atoms with van der Waals surface area (Å²) < 4.78 is 28.5. The predicted molar refractivity (Wildman–Crippen MR) is 107 cm³/mol. The van der Waals surface area contributed by atoms with Gasteiger partial charge in [0.15, 0.2) is 9.84 Å². The maximum absolute atomic E-state index is 12.6. The van der Waals surface area contributed by atoms with Crippen molar-refractivity contribution < 1.29 is 8.42 Å². The standard InChI is InChI=1S/C18H20N4O4S2/c23-15-13-17-22(9-4-12-28(17,25)26)18(24)21(15)8-1-2-11-27-16-6-3-5-14-19-7-10-20(14)16/h3,5-7,10,13H,1-2,4,8-9,11-12H2. The molecule has 148 valence electrons. The Morgan fingerprint density at radius 3 is 2.89 bits per heavy atom. The normalized spacial score (nSPS) is 15.6. The molecule has 0 N–H and O–H groups in total. The first kappa shape index (κ1) is 19.0. The Balaban J connectivity index is 1.41. The van der Waals surface area contributed by atoms with E-state index in [1.165, 1.54) is 4.57 Å². The van der Waals surface area contributed by atoms with Gasteiger partial charge in [-0.1, -0.05) is 6.07 Å². The minimum atomic E-state index is -3.54. The molecule has 3 aromatic rings. The smallest absolute Gasteiger partial charge is 0.294 e. The van der Waals surface area contributed by atoms with Gasteiger partial charge in [-0.15, -0.1) is 11.8 Å². The zero-order valence-electron chi connectivity index (χ0n) is 15.2. The molecule has 0 radical (unpaired) electrons. The van der Waals surface area contributed by atoms with E-state index >= 15 is 0 Å². The first-order valence-electron chi connectivity index (χ1n) is 9.10. The van der Waals surface area contributed by atoms with Gasteiger partial charge in [0, 0.05) is 31.5 Å². The van der Waals surface area contributed by atoms with Crippen LogP contribution in [0.3, 0.4) is 0 Å². The van der Waals surface area contributed by atoms with Crippen molar-refractivity contribution in [1.82, 2.24) is 18.5 Å². The van der Waals surface area contributed by atoms with E-state index in [9.17, 15) is 18.0 Å². The molecule has 8 nitrogen and oxygen atoms in total. The summed E-state index contributed by atoms with van der Waals surface area (Å²) in [5.74, 6) is 0.823. The number of rotatable bonds is 6. The van der Waals surface area contributed by atoms with Gasteiger partial charge < -0.3 is 0 Å². The molecule has 4 heterocycles. The average Bonchev–Trinajstić information content (AvgIpc) is 3.14. The topological polar surface area (TPSA) is 95.4 Å². The Kier molecular flexibility index (Phi) is 5.15. The Hall–Kier alpha value is -2.33. The van der Waals surface area contributed by atoms with Gasteiger partial charge in [0.05, 0.1) is 10.8 Å². The first-order chi connectivity index (χ1) is 13.5. The third-order valence-corrected chi connectivity index (χ3v) is 7.69. The van der Waals surface area contributed by atoms with Gasteiger partial charge in [-0.25, -0.2) is 18.2 Å². The number of thioether (sulfide) groups is 1. The van der Waals surface area contributed by atoms with Crippen molar-refractivity contribution in [2.45, 2.75) is 42.4 Å². The van der Waals surface area contributed by atoms with Crippen LogP contribution in [0.15, 0.2) is 56.3 Å². The van der Waals surface area contributed by atoms with E-state index < -0.39 is 21.1 Å². The third-order valence-electron chi connectivity index (χ3n) is 4.77. The van der Waals surface area contributed by atoms with Gasteiger partial charge in [0.2, 0.25) is 0 Å². The quantitative estimate of drug-likeness (QED) is 0.340. The van der Waals surface area contributed by atoms with Gasteiger partial charge in [-0.05, 0) is 37.1 Å². The highest BCUT2D eigenvalue weighted by molar-refractivity contribution is 7.99. The number of sulfone groups is 1. The summed E-state index contributed by atoms with van der Waals surface area (Å²) in [6.45, 7) is 0.617. The van der Waals surface area contributed by atoms with E-state index in [1.807, 2.05) is 28.8 Å². The fourth-order valence-corrected chi connectivity index (χ4v) is 5.90. The maximum Gasteiger partial charge on any atom is 0.331 e. The summed E-state index contributed by atoms with van der Waals surface area (Å²) in [6, 6.07) is 7.02. The molecule has 0 spiro atoms. The molecule has 1 aliphatic heterocycles. The fraction of sp³-hybridized carbons (Fsp3) is 0.389. The van der Waals surface area contributed by atoms with E-state index in [2.05, 4.69) is 4.98 Å². The van der Waals surface area contributed by atoms with Crippen molar-refractivity contribution in [1.29, 1.82) is 0 Å². The summed E-state index contributed by atoms with van der Waals surface area (Å²) in [5, 5.41) is 0.945. The van der Waals surface area contributed by atoms with Crippen molar-refractivity contribution >= 4 is 27.2 Å². The molecular formula is C18H20N4O4S2. The highest BCUT2D eigenvalue weighted by atomic mass is 32.2. The number of nitrogens with zero attached hydrogens (tertiary/aromatic N) is 4. The van der Waals surface area contributed by atoms with Crippen LogP contribution in [-0.4, -0.2) is 38.4 Å². The molecule has 0 amide bonds. The number of hydrogen-bond donors (Lipinski definition) is 0. The molecule has 10 heteroatoms. The zero-order chi connectivity index (χ0) is 19.7. The monoisotopic (exact) mass is 420 g/mol. The Morgan fingerprint density at radius 2 is 2.04 bits per heavy atom. The van der Waals surface area contributed by atoms with E-state index in [4.69, 9.17) is 0 Å². The molecule has 0 aromatic carbocycles. The van der Waals surface area contributed by atoms with Crippen LogP contribution >= 0.6 is 11.8 Å². The lowest BCUT2D eigenvalue weighted by molar-refractivity contribution is 0.471. The number of aromatic nitrogens is 4. The number of unbranched alkanes of at least 4 members (excludes halogenated alkanes) is 1. The summed E-state index contributed by atoms with van der Waals surface area (Å²) >= 11 is 1.69. The molecule has 4 rings (SSSR count). The second kappa shape index (κ2) is 7.59. The van der Waals surface area contributed by atoms with Crippen LogP contribution in [-0.2, 0) is 22.9 Å². The van der Waals surface area contributed by atoms with Crippen LogP contribution < -0.4 is 11.2 Å². The number of fused-ring (bicyclic) bond motifs is 2. The average molecular weight is 421 g/mol. The minimum absolute atomic E-state index is 0.0171. The molecule has 1 aliphatic rings. The molecule has 0 saturated carbocycles. The van der Waals surface area contributed by atoms with Gasteiger partial charge in [0.1, 0.15) is 10.7 Å². The number of imidazole rings is 1. The molecule has 0 saturated heterocycles. The summed E-state index contributed by atoms with van der Waals surface area (Å²) in [5.41, 5.74) is -0.173. The van der Waals surface area contributed by atoms with Crippen LogP contribution in [0.2, 0.25) is 0 Å². The Morgan fingerprint density at radius 1 is 1.18 bits per heavy atom. The zero-order valence-corrected chi connectivity index (χ0v) is 16.8. The molecule has 0 unspecified atom stereocenters. The second-order valence-electron chi connectivity index (χ2n) is 6.65. The van der Waals surface area contributed by atoms with Crippen LogP contribution in [0.1, 0.15) is 19.3 Å². The number of hydrogen-bond acceptors (Lipinski definition) is 6. The maximum atomic E-state index is 12.6. The Labute approximate surface area is 165 Å². The highest BCUT2D eigenvalue weighted by Crippen LogP contribution is 2.20. The van der Waals surface area contributed by atoms with Crippen LogP contribution in [0.5, 0.6) is 0 Å². The second-order valence-corrected chi connectivity index (χ2v) is 9.83. The van der Waals surface area contributed by atoms with E-state index in [-0.39, 0.29) is 17.3 Å². The van der Waals surface area contributed by atoms with E-state index in [1.54, 1.807) is 18.0 Å². The van der Waals surface area contributed by atoms with Gasteiger partial charge in [0.25, 0.3) is 5.56 Å². The van der Waals surface area contributed by atoms with Crippen LogP contribution in [0, 0.1) is 0 Å². The molecule has 28 heavy (non-hydrogen) atoms. The fourth-order valence-electron chi connectivity index (χ4n) is 3.37. The lowest BCUT2D eigenvalue weighted by atomic mass is 10.3. The van der Waals surface area contributed by atoms with Crippen molar-refractivity contribution in [3.05, 3.63) is 57.5 Å². The number of pyridine rings is 1. The molecule has 3 aromatic heterocycles. The van der Waals surface area contributed by atoms with Gasteiger partial charge in [-0.3, -0.25) is 18.3 Å². The van der Waals surface area contributed by atoms with Gasteiger partial charge >= 0.3 is 5.69 Å². The first-order valence-corrected chi connectivity index (χ1v) is 11.7. The summed E-state index contributed by atoms with van der Waals surface area (Å²) in [4.78, 5) is 29.1. The van der Waals surface area contributed by atoms with Crippen molar-refractivity contribution in [3.63, 3.8) is 0 Å². The van der Waals surface area contributed by atoms with Crippen molar-refractivity contribution in [2.75, 3.05) is 11.5 Å². The Bertz CT molecular complexity index is 1240. The molecular weight excluding hydrogens is 400 g/mol. The predicted octanol–water partition coefficient (Wildman–Crippen LogP) is 1.41.